The van der Waals surface area contributed by atoms with Crippen LogP contribution in [0.4, 0.5) is 11.6 Å². The number of carbonyl (C=O) groups is 1. The van der Waals surface area contributed by atoms with Gasteiger partial charge in [-0.2, -0.15) is 0 Å². The number of nitrogen functional groups attached to an aromatic ring is 1. The van der Waals surface area contributed by atoms with Crippen molar-refractivity contribution in [3.05, 3.63) is 36.2 Å². The van der Waals surface area contributed by atoms with Gasteiger partial charge in [-0.3, -0.25) is 9.69 Å². The maximum Gasteiger partial charge on any atom is 0.222 e. The number of ether oxygens (including phenoxy) is 1. The van der Waals surface area contributed by atoms with E-state index in [0.29, 0.717) is 25.0 Å². The van der Waals surface area contributed by atoms with Gasteiger partial charge in [0.1, 0.15) is 11.6 Å². The quantitative estimate of drug-likeness (QED) is 0.827. The van der Waals surface area contributed by atoms with Gasteiger partial charge in [-0.05, 0) is 36.6 Å². The molecule has 0 saturated carbocycles. The molecule has 3 rings (SSSR count). The number of nitrogens with zero attached hydrogens (tertiary/aromatic N) is 3. The fourth-order valence-electron chi connectivity index (χ4n) is 3.03. The van der Waals surface area contributed by atoms with E-state index >= 15 is 0 Å². The molecule has 0 unspecified atom stereocenters. The molecule has 0 spiro atoms. The van der Waals surface area contributed by atoms with Crippen molar-refractivity contribution >= 4 is 17.5 Å². The third kappa shape index (κ3) is 5.00. The van der Waals surface area contributed by atoms with Crippen molar-refractivity contribution in [3.8, 4) is 11.1 Å². The van der Waals surface area contributed by atoms with Crippen LogP contribution in [0.1, 0.15) is 31.7 Å². The Bertz CT molecular complexity index is 759. The Morgan fingerprint density at radius 1 is 1.23 bits per heavy atom. The summed E-state index contributed by atoms with van der Waals surface area (Å²) in [6.07, 6.45) is 7.16. The van der Waals surface area contributed by atoms with Gasteiger partial charge in [-0.15, -0.1) is 0 Å². The minimum absolute atomic E-state index is 0.156. The molecule has 0 aliphatic carbocycles. The summed E-state index contributed by atoms with van der Waals surface area (Å²) >= 11 is 0. The molecule has 1 amide bonds. The van der Waals surface area contributed by atoms with Gasteiger partial charge in [-0.1, -0.05) is 6.42 Å². The number of pyridine rings is 2. The van der Waals surface area contributed by atoms with Crippen LogP contribution in [-0.2, 0) is 16.1 Å². The fraction of sp³-hybridized carbons (Fsp3) is 0.421. The zero-order valence-corrected chi connectivity index (χ0v) is 15.1. The molecular formula is C19H25N5O2. The third-order valence-electron chi connectivity index (χ3n) is 4.38. The lowest BCUT2D eigenvalue weighted by Crippen LogP contribution is -2.31. The lowest BCUT2D eigenvalue weighted by Gasteiger charge is -2.26. The van der Waals surface area contributed by atoms with Crippen molar-refractivity contribution in [1.29, 1.82) is 0 Å². The van der Waals surface area contributed by atoms with Crippen molar-refractivity contribution in [3.63, 3.8) is 0 Å². The van der Waals surface area contributed by atoms with Crippen LogP contribution in [0.15, 0.2) is 30.6 Å². The van der Waals surface area contributed by atoms with Crippen LogP contribution in [0.3, 0.4) is 0 Å². The first kappa shape index (κ1) is 18.3. The summed E-state index contributed by atoms with van der Waals surface area (Å²) in [5.74, 6) is 0.829. The van der Waals surface area contributed by atoms with Crippen LogP contribution in [0.25, 0.3) is 11.1 Å². The lowest BCUT2D eigenvalue weighted by molar-refractivity contribution is -0.114. The average Bonchev–Trinajstić information content (AvgIpc) is 2.64. The highest BCUT2D eigenvalue weighted by molar-refractivity contribution is 5.88. The lowest BCUT2D eigenvalue weighted by atomic mass is 10.1. The van der Waals surface area contributed by atoms with E-state index in [1.807, 2.05) is 18.2 Å². The summed E-state index contributed by atoms with van der Waals surface area (Å²) in [4.78, 5) is 22.0. The Morgan fingerprint density at radius 3 is 2.81 bits per heavy atom. The summed E-state index contributed by atoms with van der Waals surface area (Å²) in [5.41, 5.74) is 8.69. The van der Waals surface area contributed by atoms with Crippen molar-refractivity contribution in [1.82, 2.24) is 14.9 Å². The van der Waals surface area contributed by atoms with Crippen LogP contribution in [-0.4, -0.2) is 40.6 Å². The summed E-state index contributed by atoms with van der Waals surface area (Å²) in [7, 11) is 0. The van der Waals surface area contributed by atoms with Crippen molar-refractivity contribution in [2.24, 2.45) is 0 Å². The number of piperidine rings is 1. The SMILES string of the molecule is CC(=O)Nc1cc(-c2cnc(N)c(COCN3CCCCC3)c2)ccn1. The second-order valence-electron chi connectivity index (χ2n) is 6.54. The van der Waals surface area contributed by atoms with E-state index < -0.39 is 0 Å². The standard InChI is InChI=1S/C19H25N5O2/c1-14(25)23-18-10-15(5-6-21-18)16-9-17(19(20)22-11-16)12-26-13-24-7-3-2-4-8-24/h5-6,9-11H,2-4,7-8,12-13H2,1H3,(H2,20,22)(H,21,23,25). The van der Waals surface area contributed by atoms with E-state index in [-0.39, 0.29) is 5.91 Å². The Hall–Kier alpha value is -2.51. The van der Waals surface area contributed by atoms with Crippen LogP contribution < -0.4 is 11.1 Å². The van der Waals surface area contributed by atoms with Gasteiger partial charge in [0, 0.05) is 43.5 Å². The van der Waals surface area contributed by atoms with E-state index in [2.05, 4.69) is 20.2 Å². The van der Waals surface area contributed by atoms with Crippen LogP contribution >= 0.6 is 0 Å². The normalized spacial score (nSPS) is 15.0. The molecule has 0 atom stereocenters. The Balaban J connectivity index is 1.68. The van der Waals surface area contributed by atoms with Crippen LogP contribution in [0, 0.1) is 0 Å². The Morgan fingerprint density at radius 2 is 2.04 bits per heavy atom. The number of nitrogens with one attached hydrogen (secondary N) is 1. The van der Waals surface area contributed by atoms with Gasteiger partial charge in [0.2, 0.25) is 5.91 Å². The molecule has 1 saturated heterocycles. The second-order valence-corrected chi connectivity index (χ2v) is 6.54. The van der Waals surface area contributed by atoms with Gasteiger partial charge in [0.15, 0.2) is 0 Å². The number of aromatic nitrogens is 2. The maximum atomic E-state index is 11.2. The number of amides is 1. The van der Waals surface area contributed by atoms with E-state index in [0.717, 1.165) is 29.8 Å². The van der Waals surface area contributed by atoms with Gasteiger partial charge in [0.25, 0.3) is 0 Å². The third-order valence-corrected chi connectivity index (χ3v) is 4.38. The van der Waals surface area contributed by atoms with Gasteiger partial charge in [0.05, 0.1) is 13.3 Å². The predicted molar refractivity (Wildman–Crippen MR) is 101 cm³/mol. The molecule has 3 N–H and O–H groups in total. The molecule has 1 aliphatic heterocycles. The molecule has 2 aromatic rings. The predicted octanol–water partition coefficient (Wildman–Crippen LogP) is 2.64. The molecule has 0 radical (unpaired) electrons. The molecule has 7 heteroatoms. The second kappa shape index (κ2) is 8.73. The molecule has 7 nitrogen and oxygen atoms in total. The summed E-state index contributed by atoms with van der Waals surface area (Å²) in [6, 6.07) is 5.66. The summed E-state index contributed by atoms with van der Waals surface area (Å²) < 4.78 is 5.84. The number of rotatable bonds is 6. The van der Waals surface area contributed by atoms with E-state index in [1.165, 1.54) is 26.2 Å². The molecule has 0 bridgehead atoms. The van der Waals surface area contributed by atoms with Crippen LogP contribution in [0.2, 0.25) is 0 Å². The number of carbonyl (C=O) groups excluding carboxylic acids is 1. The first-order valence-electron chi connectivity index (χ1n) is 8.90. The van der Waals surface area contributed by atoms with Crippen molar-refractivity contribution in [2.45, 2.75) is 32.8 Å². The molecule has 0 aromatic carbocycles. The zero-order chi connectivity index (χ0) is 18.4. The Kier molecular flexibility index (Phi) is 6.14. The van der Waals surface area contributed by atoms with E-state index in [4.69, 9.17) is 10.5 Å². The van der Waals surface area contributed by atoms with Crippen molar-refractivity contribution < 1.29 is 9.53 Å². The first-order chi connectivity index (χ1) is 12.6. The molecule has 1 aliphatic rings. The maximum absolute atomic E-state index is 11.2. The van der Waals surface area contributed by atoms with Gasteiger partial charge < -0.3 is 15.8 Å². The molecule has 138 valence electrons. The van der Waals surface area contributed by atoms with Crippen LogP contribution in [0.5, 0.6) is 0 Å². The zero-order valence-electron chi connectivity index (χ0n) is 15.1. The summed E-state index contributed by atoms with van der Waals surface area (Å²) in [6.45, 7) is 4.68. The average molecular weight is 355 g/mol. The Labute approximate surface area is 153 Å². The number of likely N-dealkylation sites (tertiary alicyclic amines) is 1. The first-order valence-corrected chi connectivity index (χ1v) is 8.90. The van der Waals surface area contributed by atoms with Gasteiger partial charge >= 0.3 is 0 Å². The monoisotopic (exact) mass is 355 g/mol. The molecule has 26 heavy (non-hydrogen) atoms. The highest BCUT2D eigenvalue weighted by atomic mass is 16.5. The smallest absolute Gasteiger partial charge is 0.222 e. The minimum atomic E-state index is -0.156. The molecular weight excluding hydrogens is 330 g/mol. The summed E-state index contributed by atoms with van der Waals surface area (Å²) in [5, 5.41) is 2.69. The minimum Gasteiger partial charge on any atom is -0.383 e. The molecule has 1 fully saturated rings. The molecule has 2 aromatic heterocycles. The highest BCUT2D eigenvalue weighted by Crippen LogP contribution is 2.24. The van der Waals surface area contributed by atoms with E-state index in [9.17, 15) is 4.79 Å². The molecule has 3 heterocycles. The fourth-order valence-corrected chi connectivity index (χ4v) is 3.03. The highest BCUT2D eigenvalue weighted by Gasteiger charge is 2.11. The van der Waals surface area contributed by atoms with Gasteiger partial charge in [-0.25, -0.2) is 9.97 Å². The largest absolute Gasteiger partial charge is 0.383 e. The number of nitrogens with two attached hydrogens (primary N) is 1. The number of hydrogen-bond donors (Lipinski definition) is 2. The topological polar surface area (TPSA) is 93.4 Å². The van der Waals surface area contributed by atoms with Crippen molar-refractivity contribution in [2.75, 3.05) is 30.9 Å². The number of hydrogen-bond acceptors (Lipinski definition) is 6. The van der Waals surface area contributed by atoms with E-state index in [1.54, 1.807) is 12.4 Å². The number of anilines is 2.